The Hall–Kier alpha value is -2.08. The smallest absolute Gasteiger partial charge is 0.231 e. The number of fused-ring (bicyclic) bond motifs is 3. The van der Waals surface area contributed by atoms with E-state index in [9.17, 15) is 4.79 Å². The van der Waals surface area contributed by atoms with Crippen molar-refractivity contribution in [3.8, 4) is 0 Å². The molecule has 6 heteroatoms. The molecule has 6 nitrogen and oxygen atoms in total. The second-order valence-electron chi connectivity index (χ2n) is 6.97. The van der Waals surface area contributed by atoms with Crippen molar-refractivity contribution in [3.63, 3.8) is 0 Å². The summed E-state index contributed by atoms with van der Waals surface area (Å²) in [5.41, 5.74) is 2.14. The number of nitrogens with zero attached hydrogens (tertiary/aromatic N) is 2. The molecule has 2 saturated heterocycles. The van der Waals surface area contributed by atoms with E-state index in [1.165, 1.54) is 6.42 Å². The van der Waals surface area contributed by atoms with E-state index in [1.54, 1.807) is 0 Å². The number of rotatable bonds is 5. The molecule has 2 fully saturated rings. The normalized spacial score (nSPS) is 27.7. The molecule has 3 atom stereocenters. The Morgan fingerprint density at radius 3 is 3.00 bits per heavy atom. The minimum Gasteiger partial charge on any atom is -0.373 e. The van der Waals surface area contributed by atoms with Gasteiger partial charge in [0.2, 0.25) is 5.91 Å². The molecule has 0 aromatic heterocycles. The van der Waals surface area contributed by atoms with Gasteiger partial charge in [-0.3, -0.25) is 9.79 Å². The summed E-state index contributed by atoms with van der Waals surface area (Å²) in [6.07, 6.45) is 4.63. The van der Waals surface area contributed by atoms with E-state index < -0.39 is 0 Å². The number of aliphatic imine (C=N–C) groups is 1. The predicted molar refractivity (Wildman–Crippen MR) is 97.9 cm³/mol. The summed E-state index contributed by atoms with van der Waals surface area (Å²) in [6, 6.07) is 8.36. The first kappa shape index (κ1) is 16.4. The number of ether oxygens (including phenoxy) is 1. The number of para-hydroxylation sites is 1. The van der Waals surface area contributed by atoms with Gasteiger partial charge < -0.3 is 20.3 Å². The highest BCUT2D eigenvalue weighted by molar-refractivity contribution is 6.01. The number of benzene rings is 1. The molecule has 3 aliphatic heterocycles. The number of amides is 1. The fraction of sp³-hybridized carbons (Fsp3) is 0.579. The van der Waals surface area contributed by atoms with Gasteiger partial charge in [0.15, 0.2) is 5.96 Å². The number of hydrogen-bond acceptors (Lipinski definition) is 3. The molecule has 0 saturated carbocycles. The third kappa shape index (κ3) is 3.35. The molecule has 134 valence electrons. The second-order valence-corrected chi connectivity index (χ2v) is 6.97. The van der Waals surface area contributed by atoms with Gasteiger partial charge in [0, 0.05) is 18.8 Å². The maximum absolute atomic E-state index is 12.2. The number of hydrogen-bond donors (Lipinski definition) is 2. The fourth-order valence-corrected chi connectivity index (χ4v) is 4.11. The van der Waals surface area contributed by atoms with E-state index in [4.69, 9.17) is 4.74 Å². The Kier molecular flexibility index (Phi) is 4.61. The fourth-order valence-electron chi connectivity index (χ4n) is 4.11. The van der Waals surface area contributed by atoms with Crippen molar-refractivity contribution in [1.29, 1.82) is 0 Å². The standard InChI is InChI=1S/C19H26N4O2/c1-2-20-19(22-15-12-14-7-8-17(15)25-14)21-9-10-23-16-6-4-3-5-13(16)11-18(23)24/h3-6,14-15,17H,2,7-12H2,1H3,(H2,20,21,22). The number of nitrogens with one attached hydrogen (secondary N) is 2. The lowest BCUT2D eigenvalue weighted by Gasteiger charge is -2.23. The van der Waals surface area contributed by atoms with Crippen LogP contribution in [-0.2, 0) is 16.0 Å². The average molecular weight is 342 g/mol. The van der Waals surface area contributed by atoms with E-state index in [0.717, 1.165) is 36.6 Å². The lowest BCUT2D eigenvalue weighted by molar-refractivity contribution is -0.117. The highest BCUT2D eigenvalue weighted by Crippen LogP contribution is 2.34. The van der Waals surface area contributed by atoms with E-state index in [0.29, 0.717) is 37.8 Å². The van der Waals surface area contributed by atoms with Crippen molar-refractivity contribution in [2.24, 2.45) is 4.99 Å². The predicted octanol–water partition coefficient (Wildman–Crippen LogP) is 1.45. The molecular formula is C19H26N4O2. The summed E-state index contributed by atoms with van der Waals surface area (Å²) in [7, 11) is 0. The highest BCUT2D eigenvalue weighted by Gasteiger charge is 2.41. The summed E-state index contributed by atoms with van der Waals surface area (Å²) < 4.78 is 5.90. The third-order valence-corrected chi connectivity index (χ3v) is 5.29. The number of guanidine groups is 1. The van der Waals surface area contributed by atoms with E-state index in [2.05, 4.69) is 22.5 Å². The molecule has 2 N–H and O–H groups in total. The quantitative estimate of drug-likeness (QED) is 0.628. The molecule has 1 aromatic carbocycles. The minimum atomic E-state index is 0.163. The molecule has 0 radical (unpaired) electrons. The largest absolute Gasteiger partial charge is 0.373 e. The second kappa shape index (κ2) is 7.04. The van der Waals surface area contributed by atoms with Crippen molar-refractivity contribution in [2.75, 3.05) is 24.5 Å². The van der Waals surface area contributed by atoms with Gasteiger partial charge in [-0.25, -0.2) is 0 Å². The van der Waals surface area contributed by atoms with Crippen molar-refractivity contribution in [2.45, 2.75) is 50.9 Å². The maximum Gasteiger partial charge on any atom is 0.231 e. The van der Waals surface area contributed by atoms with Gasteiger partial charge >= 0.3 is 0 Å². The third-order valence-electron chi connectivity index (χ3n) is 5.29. The molecule has 2 bridgehead atoms. The van der Waals surface area contributed by atoms with Crippen LogP contribution >= 0.6 is 0 Å². The van der Waals surface area contributed by atoms with Crippen LogP contribution in [0.5, 0.6) is 0 Å². The summed E-state index contributed by atoms with van der Waals surface area (Å²) in [4.78, 5) is 18.8. The molecule has 1 aromatic rings. The van der Waals surface area contributed by atoms with Crippen LogP contribution in [0.1, 0.15) is 31.7 Å². The Morgan fingerprint density at radius 2 is 2.24 bits per heavy atom. The van der Waals surface area contributed by atoms with E-state index >= 15 is 0 Å². The molecule has 3 aliphatic rings. The molecule has 3 heterocycles. The van der Waals surface area contributed by atoms with Gasteiger partial charge in [-0.05, 0) is 37.8 Å². The highest BCUT2D eigenvalue weighted by atomic mass is 16.5. The number of carbonyl (C=O) groups excluding carboxylic acids is 1. The zero-order valence-electron chi connectivity index (χ0n) is 14.7. The first-order valence-electron chi connectivity index (χ1n) is 9.33. The van der Waals surface area contributed by atoms with Crippen molar-refractivity contribution in [3.05, 3.63) is 29.8 Å². The van der Waals surface area contributed by atoms with Crippen LogP contribution in [0.15, 0.2) is 29.3 Å². The summed E-state index contributed by atoms with van der Waals surface area (Å²) in [6.45, 7) is 4.07. The first-order valence-corrected chi connectivity index (χ1v) is 9.33. The number of anilines is 1. The van der Waals surface area contributed by atoms with Crippen LogP contribution in [0.4, 0.5) is 5.69 Å². The maximum atomic E-state index is 12.2. The monoisotopic (exact) mass is 342 g/mol. The Balaban J connectivity index is 1.36. The topological polar surface area (TPSA) is 66.0 Å². The van der Waals surface area contributed by atoms with Crippen LogP contribution < -0.4 is 15.5 Å². The zero-order chi connectivity index (χ0) is 17.2. The summed E-state index contributed by atoms with van der Waals surface area (Å²) in [5.74, 6) is 0.986. The summed E-state index contributed by atoms with van der Waals surface area (Å²) >= 11 is 0. The molecule has 3 unspecified atom stereocenters. The first-order chi connectivity index (χ1) is 12.2. The molecule has 4 rings (SSSR count). The van der Waals surface area contributed by atoms with Crippen LogP contribution in [0, 0.1) is 0 Å². The van der Waals surface area contributed by atoms with Crippen molar-refractivity contribution < 1.29 is 9.53 Å². The van der Waals surface area contributed by atoms with Gasteiger partial charge in [0.25, 0.3) is 0 Å². The molecule has 0 spiro atoms. The summed E-state index contributed by atoms with van der Waals surface area (Å²) in [5, 5.41) is 6.82. The average Bonchev–Trinajstić information content (AvgIpc) is 3.30. The van der Waals surface area contributed by atoms with E-state index in [-0.39, 0.29) is 5.91 Å². The molecule has 0 aliphatic carbocycles. The van der Waals surface area contributed by atoms with Gasteiger partial charge in [0.05, 0.1) is 31.2 Å². The van der Waals surface area contributed by atoms with Gasteiger partial charge in [-0.1, -0.05) is 18.2 Å². The Bertz CT molecular complexity index is 675. The SMILES string of the molecule is CCNC(=NCCN1C(=O)Cc2ccccc21)NC1CC2CCC1O2. The minimum absolute atomic E-state index is 0.163. The van der Waals surface area contributed by atoms with E-state index in [1.807, 2.05) is 29.2 Å². The van der Waals surface area contributed by atoms with Gasteiger partial charge in [-0.15, -0.1) is 0 Å². The van der Waals surface area contributed by atoms with Crippen LogP contribution in [0.3, 0.4) is 0 Å². The zero-order valence-corrected chi connectivity index (χ0v) is 14.7. The van der Waals surface area contributed by atoms with Crippen LogP contribution in [-0.4, -0.2) is 49.8 Å². The lowest BCUT2D eigenvalue weighted by atomic mass is 9.96. The molecule has 25 heavy (non-hydrogen) atoms. The van der Waals surface area contributed by atoms with Crippen LogP contribution in [0.25, 0.3) is 0 Å². The lowest BCUT2D eigenvalue weighted by Crippen LogP contribution is -2.47. The van der Waals surface area contributed by atoms with Gasteiger partial charge in [-0.2, -0.15) is 0 Å². The van der Waals surface area contributed by atoms with Crippen molar-refractivity contribution in [1.82, 2.24) is 10.6 Å². The molecular weight excluding hydrogens is 316 g/mol. The molecule has 1 amide bonds. The van der Waals surface area contributed by atoms with Gasteiger partial charge in [0.1, 0.15) is 0 Å². The van der Waals surface area contributed by atoms with Crippen LogP contribution in [0.2, 0.25) is 0 Å². The number of carbonyl (C=O) groups is 1. The van der Waals surface area contributed by atoms with Crippen molar-refractivity contribution >= 4 is 17.6 Å². The Morgan fingerprint density at radius 1 is 1.36 bits per heavy atom. The Labute approximate surface area is 148 Å².